The average Bonchev–Trinajstić information content (AvgIpc) is 3.01. The number of rotatable bonds is 8. The Bertz CT molecular complexity index is 1730. The maximum atomic E-state index is 13.7. The van der Waals surface area contributed by atoms with E-state index in [0.717, 1.165) is 43.5 Å². The van der Waals surface area contributed by atoms with Crippen LogP contribution < -0.4 is 31.3 Å². The summed E-state index contributed by atoms with van der Waals surface area (Å²) in [4.78, 5) is 17.9. The number of hydrogen-bond acceptors (Lipinski definition) is 7. The van der Waals surface area contributed by atoms with Crippen molar-refractivity contribution >= 4 is 38.9 Å². The largest absolute Gasteiger partial charge is 0.416 e. The zero-order chi connectivity index (χ0) is 31.3. The van der Waals surface area contributed by atoms with Gasteiger partial charge in [-0.1, -0.05) is 24.3 Å². The lowest BCUT2D eigenvalue weighted by molar-refractivity contribution is -0.137. The standard InChI is InChI=1S/C30H30F3N7O3S/c31-30(32,33)22-5-10-26(21-2-1-3-25(16-21)40-14-12-35-13-15-40)27(17-22)44(42,43)39-24-8-6-23(7-9-24)38-29(41)37-19-20-4-11-28(34)36-18-20/h1-11,16-18,35,39H,12-15,19H2,(H2,34,36)(H2,37,38,41). The zero-order valence-corrected chi connectivity index (χ0v) is 24.2. The number of nitrogens with zero attached hydrogens (tertiary/aromatic N) is 2. The molecular formula is C30H30F3N7O3S. The molecule has 4 aromatic rings. The van der Waals surface area contributed by atoms with Crippen LogP contribution in [0, 0.1) is 0 Å². The number of alkyl halides is 3. The van der Waals surface area contributed by atoms with Crippen LogP contribution >= 0.6 is 0 Å². The molecule has 10 nitrogen and oxygen atoms in total. The number of sulfonamides is 1. The van der Waals surface area contributed by atoms with Crippen molar-refractivity contribution in [3.63, 3.8) is 0 Å². The van der Waals surface area contributed by atoms with Crippen molar-refractivity contribution in [1.82, 2.24) is 15.6 Å². The van der Waals surface area contributed by atoms with Gasteiger partial charge in [-0.25, -0.2) is 18.2 Å². The molecule has 1 aliphatic heterocycles. The first-order valence-corrected chi connectivity index (χ1v) is 15.1. The maximum absolute atomic E-state index is 13.7. The van der Waals surface area contributed by atoms with Gasteiger partial charge in [0.25, 0.3) is 10.0 Å². The molecule has 2 amide bonds. The summed E-state index contributed by atoms with van der Waals surface area (Å²) in [6.07, 6.45) is -3.21. The molecule has 1 saturated heterocycles. The second kappa shape index (κ2) is 12.8. The number of carbonyl (C=O) groups excluding carboxylic acids is 1. The fourth-order valence-electron chi connectivity index (χ4n) is 4.68. The molecule has 0 aliphatic carbocycles. The molecular weight excluding hydrogens is 595 g/mol. The van der Waals surface area contributed by atoms with Crippen molar-refractivity contribution in [1.29, 1.82) is 0 Å². The van der Waals surface area contributed by atoms with Crippen LogP contribution in [0.1, 0.15) is 11.1 Å². The molecule has 14 heteroatoms. The number of amides is 2. The zero-order valence-electron chi connectivity index (χ0n) is 23.4. The number of anilines is 4. The van der Waals surface area contributed by atoms with Crippen LogP contribution in [0.4, 0.5) is 40.8 Å². The van der Waals surface area contributed by atoms with E-state index in [2.05, 4.69) is 30.6 Å². The first kappa shape index (κ1) is 30.6. The summed E-state index contributed by atoms with van der Waals surface area (Å²) in [5, 5.41) is 8.56. The average molecular weight is 626 g/mol. The Hall–Kier alpha value is -4.82. The van der Waals surface area contributed by atoms with Crippen LogP contribution in [0.25, 0.3) is 11.1 Å². The molecule has 0 spiro atoms. The normalized spacial score (nSPS) is 13.8. The number of nitrogen functional groups attached to an aromatic ring is 1. The minimum absolute atomic E-state index is 0.0989. The van der Waals surface area contributed by atoms with Crippen LogP contribution in [0.3, 0.4) is 0 Å². The highest BCUT2D eigenvalue weighted by Gasteiger charge is 2.33. The number of benzene rings is 3. The van der Waals surface area contributed by atoms with Crippen molar-refractivity contribution < 1.29 is 26.4 Å². The Morgan fingerprint density at radius 2 is 1.68 bits per heavy atom. The van der Waals surface area contributed by atoms with Crippen molar-refractivity contribution in [2.45, 2.75) is 17.6 Å². The second-order valence-corrected chi connectivity index (χ2v) is 11.7. The molecule has 1 aliphatic rings. The Morgan fingerprint density at radius 3 is 2.36 bits per heavy atom. The topological polar surface area (TPSA) is 141 Å². The van der Waals surface area contributed by atoms with E-state index in [9.17, 15) is 26.4 Å². The second-order valence-electron chi connectivity index (χ2n) is 10.1. The van der Waals surface area contributed by atoms with E-state index >= 15 is 0 Å². The first-order chi connectivity index (χ1) is 21.0. The van der Waals surface area contributed by atoms with Gasteiger partial charge in [0.2, 0.25) is 0 Å². The van der Waals surface area contributed by atoms with E-state index in [1.54, 1.807) is 30.3 Å². The third-order valence-electron chi connectivity index (χ3n) is 6.93. The summed E-state index contributed by atoms with van der Waals surface area (Å²) in [7, 11) is -4.48. The van der Waals surface area contributed by atoms with Gasteiger partial charge in [-0.2, -0.15) is 13.2 Å². The number of carbonyl (C=O) groups is 1. The summed E-state index contributed by atoms with van der Waals surface area (Å²) in [5.74, 6) is 0.359. The first-order valence-electron chi connectivity index (χ1n) is 13.6. The van der Waals surface area contributed by atoms with E-state index in [1.807, 2.05) is 6.07 Å². The summed E-state index contributed by atoms with van der Waals surface area (Å²) in [6, 6.07) is 18.3. The molecule has 44 heavy (non-hydrogen) atoms. The Kier molecular flexibility index (Phi) is 8.92. The van der Waals surface area contributed by atoms with Gasteiger partial charge >= 0.3 is 12.2 Å². The molecule has 0 saturated carbocycles. The monoisotopic (exact) mass is 625 g/mol. The van der Waals surface area contributed by atoms with Crippen molar-refractivity contribution in [3.8, 4) is 11.1 Å². The predicted molar refractivity (Wildman–Crippen MR) is 164 cm³/mol. The fourth-order valence-corrected chi connectivity index (χ4v) is 6.00. The molecule has 0 unspecified atom stereocenters. The minimum atomic E-state index is -4.75. The number of urea groups is 1. The van der Waals surface area contributed by atoms with Crippen LogP contribution in [-0.2, 0) is 22.7 Å². The number of piperazine rings is 1. The number of nitrogens with two attached hydrogens (primary N) is 1. The van der Waals surface area contributed by atoms with Crippen LogP contribution in [0.5, 0.6) is 0 Å². The SMILES string of the molecule is Nc1ccc(CNC(=O)Nc2ccc(NS(=O)(=O)c3cc(C(F)(F)F)ccc3-c3cccc(N4CCNCC4)c3)cc2)cn1. The lowest BCUT2D eigenvalue weighted by atomic mass is 10.0. The highest BCUT2D eigenvalue weighted by atomic mass is 32.2. The van der Waals surface area contributed by atoms with Gasteiger partial charge in [0.15, 0.2) is 0 Å². The van der Waals surface area contributed by atoms with Crippen LogP contribution in [0.2, 0.25) is 0 Å². The lowest BCUT2D eigenvalue weighted by Crippen LogP contribution is -2.43. The summed E-state index contributed by atoms with van der Waals surface area (Å²) < 4.78 is 70.5. The Balaban J connectivity index is 1.35. The molecule has 2 heterocycles. The molecule has 230 valence electrons. The van der Waals surface area contributed by atoms with E-state index in [4.69, 9.17) is 5.73 Å². The predicted octanol–water partition coefficient (Wildman–Crippen LogP) is 4.88. The fraction of sp³-hybridized carbons (Fsp3) is 0.200. The van der Waals surface area contributed by atoms with Gasteiger partial charge in [0.1, 0.15) is 5.82 Å². The van der Waals surface area contributed by atoms with Crippen LogP contribution in [0.15, 0.2) is 90.0 Å². The number of hydrogen-bond donors (Lipinski definition) is 5. The summed E-state index contributed by atoms with van der Waals surface area (Å²) in [6.45, 7) is 3.27. The number of halogens is 3. The van der Waals surface area contributed by atoms with Gasteiger partial charge in [-0.3, -0.25) is 4.72 Å². The molecule has 1 fully saturated rings. The molecule has 1 aromatic heterocycles. The number of nitrogens with one attached hydrogen (secondary N) is 4. The van der Waals surface area contributed by atoms with E-state index in [1.165, 1.54) is 36.5 Å². The highest BCUT2D eigenvalue weighted by Crippen LogP contribution is 2.37. The van der Waals surface area contributed by atoms with Gasteiger partial charge in [0, 0.05) is 61.5 Å². The quantitative estimate of drug-likeness (QED) is 0.188. The van der Waals surface area contributed by atoms with Crippen molar-refractivity contribution in [3.05, 3.63) is 96.2 Å². The van der Waals surface area contributed by atoms with E-state index in [0.29, 0.717) is 23.1 Å². The highest BCUT2D eigenvalue weighted by molar-refractivity contribution is 7.92. The third kappa shape index (κ3) is 7.57. The molecule has 5 rings (SSSR count). The third-order valence-corrected chi connectivity index (χ3v) is 8.35. The van der Waals surface area contributed by atoms with E-state index in [-0.39, 0.29) is 17.8 Å². The van der Waals surface area contributed by atoms with Gasteiger partial charge < -0.3 is 26.6 Å². The van der Waals surface area contributed by atoms with Gasteiger partial charge in [-0.05, 0) is 65.7 Å². The lowest BCUT2D eigenvalue weighted by Gasteiger charge is -2.29. The molecule has 3 aromatic carbocycles. The Morgan fingerprint density at radius 1 is 0.955 bits per heavy atom. The summed E-state index contributed by atoms with van der Waals surface area (Å²) >= 11 is 0. The Labute approximate surface area is 252 Å². The molecule has 6 N–H and O–H groups in total. The van der Waals surface area contributed by atoms with Gasteiger partial charge in [0.05, 0.1) is 10.5 Å². The smallest absolute Gasteiger partial charge is 0.384 e. The van der Waals surface area contributed by atoms with Crippen molar-refractivity contribution in [2.75, 3.05) is 46.9 Å². The van der Waals surface area contributed by atoms with Crippen LogP contribution in [-0.4, -0.2) is 45.6 Å². The number of aromatic nitrogens is 1. The summed E-state index contributed by atoms with van der Waals surface area (Å²) in [5.41, 5.74) is 7.12. The molecule has 0 radical (unpaired) electrons. The molecule has 0 atom stereocenters. The number of pyridine rings is 1. The van der Waals surface area contributed by atoms with Crippen molar-refractivity contribution in [2.24, 2.45) is 0 Å². The molecule has 0 bridgehead atoms. The minimum Gasteiger partial charge on any atom is -0.384 e. The van der Waals surface area contributed by atoms with Gasteiger partial charge in [-0.15, -0.1) is 0 Å². The maximum Gasteiger partial charge on any atom is 0.416 e. The van der Waals surface area contributed by atoms with E-state index < -0.39 is 32.7 Å².